The Morgan fingerprint density at radius 3 is 2.60 bits per heavy atom. The molecule has 4 rings (SSSR count). The molecule has 1 aliphatic heterocycles. The Morgan fingerprint density at radius 1 is 1.16 bits per heavy atom. The van der Waals surface area contributed by atoms with E-state index >= 15 is 0 Å². The molecule has 2 aliphatic rings. The smallest absolute Gasteiger partial charge is 0.259 e. The Kier molecular flexibility index (Phi) is 3.82. The molecule has 0 bridgehead atoms. The summed E-state index contributed by atoms with van der Waals surface area (Å²) in [5.41, 5.74) is 2.14. The number of carbonyl (C=O) groups is 1. The second kappa shape index (κ2) is 6.02. The monoisotopic (exact) mass is 340 g/mol. The first-order chi connectivity index (χ1) is 12.0. The van der Waals surface area contributed by atoms with E-state index in [1.165, 1.54) is 6.07 Å². The van der Waals surface area contributed by atoms with Crippen LogP contribution in [0.25, 0.3) is 0 Å². The van der Waals surface area contributed by atoms with Gasteiger partial charge in [0.2, 0.25) is 0 Å². The van der Waals surface area contributed by atoms with E-state index in [0.29, 0.717) is 18.2 Å². The predicted molar refractivity (Wildman–Crippen MR) is 97.0 cm³/mol. The van der Waals surface area contributed by atoms with Gasteiger partial charge in [0.1, 0.15) is 11.6 Å². The molecule has 1 fully saturated rings. The van der Waals surface area contributed by atoms with Gasteiger partial charge in [0, 0.05) is 39.4 Å². The van der Waals surface area contributed by atoms with Gasteiger partial charge in [-0.05, 0) is 43.2 Å². The van der Waals surface area contributed by atoms with Crippen LogP contribution in [0.2, 0.25) is 0 Å². The maximum absolute atomic E-state index is 13.8. The van der Waals surface area contributed by atoms with E-state index in [-0.39, 0.29) is 11.7 Å². The third-order valence-corrected chi connectivity index (χ3v) is 4.79. The molecule has 0 saturated heterocycles. The number of anilines is 3. The van der Waals surface area contributed by atoms with Crippen LogP contribution >= 0.6 is 0 Å². The Bertz CT molecular complexity index is 802. The summed E-state index contributed by atoms with van der Waals surface area (Å²) in [6.45, 7) is 1.33. The lowest BCUT2D eigenvalue weighted by molar-refractivity contribution is 0.0986. The van der Waals surface area contributed by atoms with E-state index in [2.05, 4.69) is 9.88 Å². The molecule has 1 aromatic carbocycles. The van der Waals surface area contributed by atoms with Crippen molar-refractivity contribution in [3.8, 4) is 0 Å². The van der Waals surface area contributed by atoms with Crippen LogP contribution in [0, 0.1) is 5.82 Å². The molecule has 1 aromatic heterocycles. The summed E-state index contributed by atoms with van der Waals surface area (Å²) in [4.78, 5) is 23.2. The highest BCUT2D eigenvalue weighted by atomic mass is 19.1. The largest absolute Gasteiger partial charge is 0.365 e. The number of hydrogen-bond donors (Lipinski definition) is 0. The van der Waals surface area contributed by atoms with Crippen molar-refractivity contribution in [2.24, 2.45) is 0 Å². The maximum Gasteiger partial charge on any atom is 0.259 e. The summed E-state index contributed by atoms with van der Waals surface area (Å²) in [7, 11) is 3.82. The number of carbonyl (C=O) groups excluding carboxylic acids is 1. The zero-order valence-corrected chi connectivity index (χ0v) is 14.4. The SMILES string of the molecule is CN(C)c1ccc(C(=O)N2CCN(C3CC3)c3cc(F)ccc32)cn1. The van der Waals surface area contributed by atoms with Crippen LogP contribution in [0.4, 0.5) is 21.6 Å². The minimum atomic E-state index is -0.268. The molecule has 5 nitrogen and oxygen atoms in total. The molecule has 25 heavy (non-hydrogen) atoms. The van der Waals surface area contributed by atoms with Gasteiger partial charge >= 0.3 is 0 Å². The second-order valence-corrected chi connectivity index (χ2v) is 6.81. The average molecular weight is 340 g/mol. The van der Waals surface area contributed by atoms with Crippen LogP contribution in [0.1, 0.15) is 23.2 Å². The van der Waals surface area contributed by atoms with Crippen LogP contribution in [0.15, 0.2) is 36.5 Å². The molecule has 2 aromatic rings. The molecule has 1 aliphatic carbocycles. The fraction of sp³-hybridized carbons (Fsp3) is 0.368. The number of aromatic nitrogens is 1. The lowest BCUT2D eigenvalue weighted by Gasteiger charge is -2.38. The normalized spacial score (nSPS) is 16.6. The number of fused-ring (bicyclic) bond motifs is 1. The van der Waals surface area contributed by atoms with E-state index in [4.69, 9.17) is 0 Å². The standard InChI is InChI=1S/C19H21FN4O/c1-22(2)18-8-3-13(12-21-18)19(25)24-10-9-23(15-5-6-15)17-11-14(20)4-7-16(17)24/h3-4,7-8,11-12,15H,5-6,9-10H2,1-2H3. The van der Waals surface area contributed by atoms with Gasteiger partial charge in [-0.3, -0.25) is 4.79 Å². The van der Waals surface area contributed by atoms with Gasteiger partial charge in [0.15, 0.2) is 0 Å². The number of nitrogens with zero attached hydrogens (tertiary/aromatic N) is 4. The van der Waals surface area contributed by atoms with Gasteiger partial charge < -0.3 is 14.7 Å². The molecule has 6 heteroatoms. The number of benzene rings is 1. The molecule has 0 N–H and O–H groups in total. The summed E-state index contributed by atoms with van der Waals surface area (Å²) in [5, 5.41) is 0. The topological polar surface area (TPSA) is 39.7 Å². The van der Waals surface area contributed by atoms with E-state index in [1.807, 2.05) is 25.1 Å². The lowest BCUT2D eigenvalue weighted by Crippen LogP contribution is -2.45. The van der Waals surface area contributed by atoms with Gasteiger partial charge in [-0.2, -0.15) is 0 Å². The summed E-state index contributed by atoms with van der Waals surface area (Å²) >= 11 is 0. The Labute approximate surface area is 146 Å². The molecule has 0 atom stereocenters. The molecule has 130 valence electrons. The molecule has 0 spiro atoms. The first-order valence-electron chi connectivity index (χ1n) is 8.56. The average Bonchev–Trinajstić information content (AvgIpc) is 3.45. The predicted octanol–water partition coefficient (Wildman–Crippen LogP) is 2.92. The van der Waals surface area contributed by atoms with Crippen LogP contribution in [-0.4, -0.2) is 44.1 Å². The van der Waals surface area contributed by atoms with Gasteiger partial charge in [-0.25, -0.2) is 9.37 Å². The van der Waals surface area contributed by atoms with E-state index in [0.717, 1.165) is 36.6 Å². The van der Waals surface area contributed by atoms with Crippen LogP contribution in [0.5, 0.6) is 0 Å². The van der Waals surface area contributed by atoms with Crippen molar-refractivity contribution in [1.82, 2.24) is 4.98 Å². The maximum atomic E-state index is 13.8. The second-order valence-electron chi connectivity index (χ2n) is 6.81. The molecular weight excluding hydrogens is 319 g/mol. The van der Waals surface area contributed by atoms with E-state index < -0.39 is 0 Å². The van der Waals surface area contributed by atoms with Crippen molar-refractivity contribution in [2.75, 3.05) is 41.9 Å². The van der Waals surface area contributed by atoms with E-state index in [1.54, 1.807) is 29.3 Å². The molecule has 2 heterocycles. The Morgan fingerprint density at radius 2 is 1.96 bits per heavy atom. The zero-order chi connectivity index (χ0) is 17.6. The van der Waals surface area contributed by atoms with Crippen molar-refractivity contribution in [3.05, 3.63) is 47.9 Å². The number of hydrogen-bond acceptors (Lipinski definition) is 4. The quantitative estimate of drug-likeness (QED) is 0.861. The minimum Gasteiger partial charge on any atom is -0.365 e. The van der Waals surface area contributed by atoms with Crippen molar-refractivity contribution in [1.29, 1.82) is 0 Å². The van der Waals surface area contributed by atoms with Gasteiger partial charge in [0.25, 0.3) is 5.91 Å². The number of halogens is 1. The minimum absolute atomic E-state index is 0.0962. The van der Waals surface area contributed by atoms with Crippen LogP contribution < -0.4 is 14.7 Å². The molecule has 1 amide bonds. The number of pyridine rings is 1. The van der Waals surface area contributed by atoms with Gasteiger partial charge in [-0.15, -0.1) is 0 Å². The first kappa shape index (κ1) is 15.9. The molecule has 1 saturated carbocycles. The van der Waals surface area contributed by atoms with E-state index in [9.17, 15) is 9.18 Å². The number of rotatable bonds is 3. The summed E-state index contributed by atoms with van der Waals surface area (Å²) in [6.07, 6.45) is 3.88. The van der Waals surface area contributed by atoms with Crippen molar-refractivity contribution in [3.63, 3.8) is 0 Å². The Hall–Kier alpha value is -2.63. The van der Waals surface area contributed by atoms with Gasteiger partial charge in [0.05, 0.1) is 16.9 Å². The zero-order valence-electron chi connectivity index (χ0n) is 14.4. The van der Waals surface area contributed by atoms with Crippen LogP contribution in [-0.2, 0) is 0 Å². The summed E-state index contributed by atoms with van der Waals surface area (Å²) in [6, 6.07) is 8.78. The Balaban J connectivity index is 1.66. The van der Waals surface area contributed by atoms with Crippen molar-refractivity contribution < 1.29 is 9.18 Å². The summed E-state index contributed by atoms with van der Waals surface area (Å²) < 4.78 is 13.8. The third-order valence-electron chi connectivity index (χ3n) is 4.79. The van der Waals surface area contributed by atoms with Crippen molar-refractivity contribution in [2.45, 2.75) is 18.9 Å². The number of amides is 1. The third kappa shape index (κ3) is 2.92. The summed E-state index contributed by atoms with van der Waals surface area (Å²) in [5.74, 6) is 0.439. The fourth-order valence-electron chi connectivity index (χ4n) is 3.31. The fourth-order valence-corrected chi connectivity index (χ4v) is 3.31. The van der Waals surface area contributed by atoms with Crippen molar-refractivity contribution >= 4 is 23.1 Å². The highest BCUT2D eigenvalue weighted by molar-refractivity contribution is 6.08. The lowest BCUT2D eigenvalue weighted by atomic mass is 10.1. The highest BCUT2D eigenvalue weighted by Crippen LogP contribution is 2.40. The molecule has 0 radical (unpaired) electrons. The van der Waals surface area contributed by atoms with Gasteiger partial charge in [-0.1, -0.05) is 0 Å². The molecular formula is C19H21FN4O. The molecule has 0 unspecified atom stereocenters. The highest BCUT2D eigenvalue weighted by Gasteiger charge is 2.36. The van der Waals surface area contributed by atoms with Crippen LogP contribution in [0.3, 0.4) is 0 Å². The first-order valence-corrected chi connectivity index (χ1v) is 8.56.